The maximum Gasteiger partial charge on any atom is 0.397 e. The highest BCUT2D eigenvalue weighted by atomic mass is 32.3. The molecule has 0 radical (unpaired) electrons. The first kappa shape index (κ1) is 30.9. The van der Waals surface area contributed by atoms with Crippen molar-refractivity contribution in [1.82, 2.24) is 0 Å². The zero-order valence-electron chi connectivity index (χ0n) is 20.1. The summed E-state index contributed by atoms with van der Waals surface area (Å²) in [6, 6.07) is 6.42. The number of hydrogen-bond acceptors (Lipinski definition) is 13. The lowest BCUT2D eigenvalue weighted by Gasteiger charge is -2.13. The monoisotopic (exact) mass is 596 g/mol. The quantitative estimate of drug-likeness (QED) is 0.191. The number of azo groups is 1. The first-order valence-corrected chi connectivity index (χ1v) is 14.8. The van der Waals surface area contributed by atoms with E-state index in [9.17, 15) is 30.0 Å². The van der Waals surface area contributed by atoms with E-state index >= 15 is 0 Å². The van der Waals surface area contributed by atoms with Crippen molar-refractivity contribution in [1.29, 1.82) is 0 Å². The van der Waals surface area contributed by atoms with Gasteiger partial charge in [0.1, 0.15) is 33.6 Å². The van der Waals surface area contributed by atoms with E-state index in [1.807, 2.05) is 0 Å². The van der Waals surface area contributed by atoms with Gasteiger partial charge in [0.05, 0.1) is 32.3 Å². The number of sulfone groups is 1. The number of nitrogens with one attached hydrogen (secondary N) is 2. The molecule has 0 spiro atoms. The average Bonchev–Trinajstić information content (AvgIpc) is 2.79. The van der Waals surface area contributed by atoms with Crippen LogP contribution in [0.3, 0.4) is 0 Å². The van der Waals surface area contributed by atoms with Crippen molar-refractivity contribution in [2.75, 3.05) is 43.1 Å². The third-order valence-corrected chi connectivity index (χ3v) is 7.08. The normalized spacial score (nSPS) is 12.3. The van der Waals surface area contributed by atoms with E-state index < -0.39 is 54.5 Å². The molecule has 0 saturated heterocycles. The van der Waals surface area contributed by atoms with Crippen molar-refractivity contribution < 1.29 is 52.8 Å². The van der Waals surface area contributed by atoms with E-state index in [2.05, 4.69) is 25.0 Å². The highest BCUT2D eigenvalue weighted by Gasteiger charge is 2.24. The first-order chi connectivity index (χ1) is 17.5. The summed E-state index contributed by atoms with van der Waals surface area (Å²) in [7, 11) is -10.9. The lowest BCUT2D eigenvalue weighted by molar-refractivity contribution is -0.114. The average molecular weight is 597 g/mol. The van der Waals surface area contributed by atoms with Crippen molar-refractivity contribution in [2.24, 2.45) is 10.2 Å². The molecule has 0 heterocycles. The second-order valence-corrected chi connectivity index (χ2v) is 11.9. The van der Waals surface area contributed by atoms with E-state index in [4.69, 9.17) is 18.6 Å². The van der Waals surface area contributed by atoms with Crippen LogP contribution in [0.1, 0.15) is 6.92 Å². The van der Waals surface area contributed by atoms with E-state index in [0.29, 0.717) is 0 Å². The summed E-state index contributed by atoms with van der Waals surface area (Å²) in [5.41, 5.74) is 0.500. The summed E-state index contributed by atoms with van der Waals surface area (Å²) < 4.78 is 101. The predicted octanol–water partition coefficient (Wildman–Crippen LogP) is 1.93. The highest BCUT2D eigenvalue weighted by Crippen LogP contribution is 2.39. The topological polar surface area (TPSA) is 236 Å². The van der Waals surface area contributed by atoms with Crippen LogP contribution < -0.4 is 20.1 Å². The van der Waals surface area contributed by atoms with Crippen LogP contribution >= 0.6 is 0 Å². The fourth-order valence-electron chi connectivity index (χ4n) is 2.84. The van der Waals surface area contributed by atoms with Crippen LogP contribution in [0, 0.1) is 0 Å². The number of carbonyl (C=O) groups is 1. The molecule has 0 aromatic heterocycles. The zero-order valence-corrected chi connectivity index (χ0v) is 22.6. The van der Waals surface area contributed by atoms with Crippen LogP contribution in [-0.4, -0.2) is 72.7 Å². The zero-order chi connectivity index (χ0) is 28.7. The van der Waals surface area contributed by atoms with Gasteiger partial charge in [-0.1, -0.05) is 0 Å². The highest BCUT2D eigenvalue weighted by molar-refractivity contribution is 7.91. The van der Waals surface area contributed by atoms with E-state index in [-0.39, 0.29) is 39.1 Å². The number of hydrogen-bond donors (Lipinski definition) is 4. The lowest BCUT2D eigenvalue weighted by Crippen LogP contribution is -2.16. The fraction of sp³-hybridized carbons (Fsp3) is 0.316. The number of carbonyl (C=O) groups excluding carboxylic acids is 1. The minimum absolute atomic E-state index is 0.0137. The van der Waals surface area contributed by atoms with Gasteiger partial charge in [0.25, 0.3) is 10.1 Å². The molecule has 2 rings (SSSR count). The molecule has 0 aliphatic heterocycles. The van der Waals surface area contributed by atoms with Gasteiger partial charge in [-0.2, -0.15) is 16.8 Å². The molecular formula is C19H24N4O12S3. The SMILES string of the molecule is COc1cc(S(=O)(=O)CCOS(=O)(=O)O)c(OC)cc1/N=N/c1ccc(NCS(=O)(=O)O)cc1NC(C)=O. The maximum atomic E-state index is 12.7. The Bertz CT molecular complexity index is 1540. The molecule has 4 N–H and O–H groups in total. The van der Waals surface area contributed by atoms with Gasteiger partial charge in [0.2, 0.25) is 5.91 Å². The molecule has 0 saturated carbocycles. The second kappa shape index (κ2) is 12.5. The standard InChI is InChI=1S/C19H24N4O12S3/c1-12(24)21-15-8-13(20-11-37(27,28)29)4-5-14(15)22-23-16-9-18(34-3)19(10-17(16)33-2)36(25,26)7-6-35-38(30,31)32/h4-5,8-10,20H,6-7,11H2,1-3H3,(H,21,24)(H,27,28,29)(H,30,31,32)/b23-22+. The molecule has 2 aromatic carbocycles. The van der Waals surface area contributed by atoms with Gasteiger partial charge in [-0.3, -0.25) is 13.9 Å². The Morgan fingerprint density at radius 2 is 1.55 bits per heavy atom. The lowest BCUT2D eigenvalue weighted by atomic mass is 10.2. The maximum absolute atomic E-state index is 12.7. The number of methoxy groups -OCH3 is 2. The van der Waals surface area contributed by atoms with Gasteiger partial charge < -0.3 is 20.1 Å². The van der Waals surface area contributed by atoms with Crippen LogP contribution in [0.4, 0.5) is 22.7 Å². The van der Waals surface area contributed by atoms with Crippen molar-refractivity contribution in [3.63, 3.8) is 0 Å². The van der Waals surface area contributed by atoms with Crippen LogP contribution in [0.5, 0.6) is 11.5 Å². The molecular weight excluding hydrogens is 572 g/mol. The van der Waals surface area contributed by atoms with Crippen LogP contribution in [0.25, 0.3) is 0 Å². The summed E-state index contributed by atoms with van der Waals surface area (Å²) in [5, 5.41) is 13.1. The number of benzene rings is 2. The summed E-state index contributed by atoms with van der Waals surface area (Å²) in [6.45, 7) is 0.377. The summed E-state index contributed by atoms with van der Waals surface area (Å²) in [6.07, 6.45) is 0. The van der Waals surface area contributed by atoms with Gasteiger partial charge in [-0.05, 0) is 18.2 Å². The number of nitrogens with zero attached hydrogens (tertiary/aromatic N) is 2. The Morgan fingerprint density at radius 3 is 2.11 bits per heavy atom. The van der Waals surface area contributed by atoms with Crippen molar-refractivity contribution in [2.45, 2.75) is 11.8 Å². The number of amides is 1. The largest absolute Gasteiger partial charge is 0.495 e. The molecule has 0 aliphatic rings. The molecule has 0 unspecified atom stereocenters. The van der Waals surface area contributed by atoms with Crippen molar-refractivity contribution >= 4 is 59.0 Å². The summed E-state index contributed by atoms with van der Waals surface area (Å²) >= 11 is 0. The second-order valence-electron chi connectivity index (χ2n) is 7.26. The van der Waals surface area contributed by atoms with Gasteiger partial charge in [-0.15, -0.1) is 10.2 Å². The molecule has 0 fully saturated rings. The van der Waals surface area contributed by atoms with Gasteiger partial charge in [0.15, 0.2) is 9.84 Å². The van der Waals surface area contributed by atoms with E-state index in [1.165, 1.54) is 45.4 Å². The van der Waals surface area contributed by atoms with Gasteiger partial charge >= 0.3 is 10.4 Å². The third-order valence-electron chi connectivity index (χ3n) is 4.42. The Kier molecular flexibility index (Phi) is 10.1. The molecule has 210 valence electrons. The Morgan fingerprint density at radius 1 is 0.921 bits per heavy atom. The molecule has 16 nitrogen and oxygen atoms in total. The molecule has 19 heteroatoms. The number of anilines is 2. The van der Waals surface area contributed by atoms with E-state index in [1.54, 1.807) is 0 Å². The molecule has 0 bridgehead atoms. The Hall–Kier alpha value is -3.36. The summed E-state index contributed by atoms with van der Waals surface area (Å²) in [4.78, 5) is 11.3. The summed E-state index contributed by atoms with van der Waals surface area (Å²) in [5.74, 6) is -2.30. The van der Waals surface area contributed by atoms with Gasteiger partial charge in [-0.25, -0.2) is 12.6 Å². The number of rotatable bonds is 13. The third kappa shape index (κ3) is 9.50. The molecule has 2 aromatic rings. The predicted molar refractivity (Wildman–Crippen MR) is 134 cm³/mol. The fourth-order valence-corrected chi connectivity index (χ4v) is 4.85. The minimum atomic E-state index is -4.84. The molecule has 1 amide bonds. The molecule has 38 heavy (non-hydrogen) atoms. The number of ether oxygens (including phenoxy) is 2. The van der Waals surface area contributed by atoms with Crippen molar-refractivity contribution in [3.8, 4) is 11.5 Å². The van der Waals surface area contributed by atoms with Gasteiger partial charge in [0, 0.05) is 24.7 Å². The van der Waals surface area contributed by atoms with Crippen LogP contribution in [0.2, 0.25) is 0 Å². The van der Waals surface area contributed by atoms with E-state index in [0.717, 1.165) is 6.07 Å². The van der Waals surface area contributed by atoms with Crippen LogP contribution in [-0.2, 0) is 39.3 Å². The minimum Gasteiger partial charge on any atom is -0.495 e. The smallest absolute Gasteiger partial charge is 0.397 e. The Labute approximate surface area is 218 Å². The Balaban J connectivity index is 2.44. The molecule has 0 aliphatic carbocycles. The van der Waals surface area contributed by atoms with Crippen molar-refractivity contribution in [3.05, 3.63) is 30.3 Å². The molecule has 0 atom stereocenters. The first-order valence-electron chi connectivity index (χ1n) is 10.2. The van der Waals surface area contributed by atoms with Crippen LogP contribution in [0.15, 0.2) is 45.5 Å².